The number of thioether (sulfide) groups is 1. The van der Waals surface area contributed by atoms with E-state index in [-0.39, 0.29) is 18.1 Å². The zero-order valence-corrected chi connectivity index (χ0v) is 13.0. The van der Waals surface area contributed by atoms with E-state index in [1.165, 1.54) is 11.3 Å². The Morgan fingerprint density at radius 3 is 2.86 bits per heavy atom. The largest absolute Gasteiger partial charge is 0.457 e. The Labute approximate surface area is 134 Å². The molecule has 3 rings (SSSR count). The van der Waals surface area contributed by atoms with Gasteiger partial charge in [0.2, 0.25) is 5.78 Å². The smallest absolute Gasteiger partial charge is 0.316 e. The number of ketones is 1. The Morgan fingerprint density at radius 1 is 1.23 bits per heavy atom. The fourth-order valence-electron chi connectivity index (χ4n) is 1.73. The average Bonchev–Trinajstić information content (AvgIpc) is 3.19. The highest BCUT2D eigenvalue weighted by Gasteiger charge is 2.13. The van der Waals surface area contributed by atoms with Crippen molar-refractivity contribution in [2.45, 2.75) is 5.22 Å². The number of hydrogen-bond acceptors (Lipinski definition) is 7. The van der Waals surface area contributed by atoms with Gasteiger partial charge in [-0.2, -0.15) is 0 Å². The monoisotopic (exact) mass is 333 g/mol. The van der Waals surface area contributed by atoms with E-state index in [0.29, 0.717) is 15.7 Å². The Bertz CT molecular complexity index is 762. The highest BCUT2D eigenvalue weighted by Crippen LogP contribution is 2.23. The second-order valence-electron chi connectivity index (χ2n) is 4.30. The van der Waals surface area contributed by atoms with Gasteiger partial charge in [-0.1, -0.05) is 30.0 Å². The number of esters is 1. The Kier molecular flexibility index (Phi) is 4.55. The van der Waals surface area contributed by atoms with Crippen LogP contribution in [0, 0.1) is 0 Å². The molecule has 5 nitrogen and oxygen atoms in total. The van der Waals surface area contributed by atoms with Crippen LogP contribution in [-0.2, 0) is 9.53 Å². The van der Waals surface area contributed by atoms with Gasteiger partial charge < -0.3 is 9.15 Å². The van der Waals surface area contributed by atoms with Crippen molar-refractivity contribution in [1.29, 1.82) is 0 Å². The van der Waals surface area contributed by atoms with Crippen LogP contribution < -0.4 is 0 Å². The predicted octanol–water partition coefficient (Wildman–Crippen LogP) is 3.41. The number of ether oxygens (including phenoxy) is 1. The number of Topliss-reactive ketones (excluding diaryl/α,β-unsaturated/α-hetero) is 1. The van der Waals surface area contributed by atoms with Gasteiger partial charge in [0.1, 0.15) is 11.3 Å². The molecule has 0 radical (unpaired) electrons. The van der Waals surface area contributed by atoms with Gasteiger partial charge in [0, 0.05) is 0 Å². The SMILES string of the molecule is O=C(CSc1nc2ccccc2o1)OCC(=O)c1cccs1. The van der Waals surface area contributed by atoms with Crippen LogP contribution in [0.15, 0.2) is 51.4 Å². The molecule has 0 aliphatic carbocycles. The lowest BCUT2D eigenvalue weighted by Crippen LogP contribution is -2.14. The molecule has 2 aromatic heterocycles. The fourth-order valence-corrected chi connectivity index (χ4v) is 3.02. The van der Waals surface area contributed by atoms with Crippen molar-refractivity contribution in [2.24, 2.45) is 0 Å². The quantitative estimate of drug-likeness (QED) is 0.391. The lowest BCUT2D eigenvalue weighted by atomic mass is 10.3. The van der Waals surface area contributed by atoms with Crippen LogP contribution in [0.3, 0.4) is 0 Å². The van der Waals surface area contributed by atoms with E-state index in [9.17, 15) is 9.59 Å². The van der Waals surface area contributed by atoms with Gasteiger partial charge in [0.15, 0.2) is 12.2 Å². The summed E-state index contributed by atoms with van der Waals surface area (Å²) < 4.78 is 10.4. The number of oxazole rings is 1. The van der Waals surface area contributed by atoms with Crippen LogP contribution in [0.4, 0.5) is 0 Å². The molecule has 22 heavy (non-hydrogen) atoms. The molecule has 3 aromatic rings. The van der Waals surface area contributed by atoms with Crippen LogP contribution in [0.2, 0.25) is 0 Å². The van der Waals surface area contributed by atoms with E-state index >= 15 is 0 Å². The first kappa shape index (κ1) is 14.8. The third-order valence-corrected chi connectivity index (χ3v) is 4.46. The molecule has 0 amide bonds. The summed E-state index contributed by atoms with van der Waals surface area (Å²) in [5.41, 5.74) is 1.41. The highest BCUT2D eigenvalue weighted by molar-refractivity contribution is 7.99. The van der Waals surface area contributed by atoms with Crippen molar-refractivity contribution in [1.82, 2.24) is 4.98 Å². The molecule has 0 saturated carbocycles. The van der Waals surface area contributed by atoms with Gasteiger partial charge in [-0.25, -0.2) is 4.98 Å². The van der Waals surface area contributed by atoms with Crippen LogP contribution >= 0.6 is 23.1 Å². The van der Waals surface area contributed by atoms with Gasteiger partial charge in [-0.05, 0) is 23.6 Å². The van der Waals surface area contributed by atoms with E-state index in [1.807, 2.05) is 24.3 Å². The molecule has 0 unspecified atom stereocenters. The van der Waals surface area contributed by atoms with Gasteiger partial charge in [-0.15, -0.1) is 11.3 Å². The summed E-state index contributed by atoms with van der Waals surface area (Å²) in [5, 5.41) is 2.21. The van der Waals surface area contributed by atoms with Crippen molar-refractivity contribution in [3.05, 3.63) is 46.7 Å². The molecule has 0 N–H and O–H groups in total. The molecule has 0 aliphatic heterocycles. The first-order valence-corrected chi connectivity index (χ1v) is 8.29. The molecule has 0 saturated heterocycles. The summed E-state index contributed by atoms with van der Waals surface area (Å²) >= 11 is 2.47. The minimum Gasteiger partial charge on any atom is -0.457 e. The molecule has 0 spiro atoms. The molecule has 112 valence electrons. The van der Waals surface area contributed by atoms with Crippen LogP contribution in [-0.4, -0.2) is 29.1 Å². The number of nitrogens with zero attached hydrogens (tertiary/aromatic N) is 1. The van der Waals surface area contributed by atoms with Crippen LogP contribution in [0.1, 0.15) is 9.67 Å². The van der Waals surface area contributed by atoms with E-state index in [0.717, 1.165) is 17.3 Å². The van der Waals surface area contributed by atoms with Crippen LogP contribution in [0.25, 0.3) is 11.1 Å². The maximum atomic E-state index is 11.7. The Morgan fingerprint density at radius 2 is 2.09 bits per heavy atom. The number of carbonyl (C=O) groups excluding carboxylic acids is 2. The maximum Gasteiger partial charge on any atom is 0.316 e. The zero-order chi connectivity index (χ0) is 15.4. The summed E-state index contributed by atoms with van der Waals surface area (Å²) in [5.74, 6) is -0.628. The van der Waals surface area contributed by atoms with Crippen molar-refractivity contribution >= 4 is 46.0 Å². The normalized spacial score (nSPS) is 10.7. The van der Waals surface area contributed by atoms with E-state index in [4.69, 9.17) is 9.15 Å². The minimum atomic E-state index is -0.475. The number of fused-ring (bicyclic) bond motifs is 1. The standard InChI is InChI=1S/C15H11NO4S2/c17-11(13-6-3-7-21-13)8-19-14(18)9-22-15-16-10-4-1-2-5-12(10)20-15/h1-7H,8-9H2. The lowest BCUT2D eigenvalue weighted by Gasteiger charge is -2.01. The van der Waals surface area contributed by atoms with Gasteiger partial charge in [0.25, 0.3) is 5.22 Å². The fraction of sp³-hybridized carbons (Fsp3) is 0.133. The number of aromatic nitrogens is 1. The number of carbonyl (C=O) groups is 2. The predicted molar refractivity (Wildman–Crippen MR) is 84.3 cm³/mol. The first-order chi connectivity index (χ1) is 10.7. The third kappa shape index (κ3) is 3.55. The van der Waals surface area contributed by atoms with E-state index < -0.39 is 5.97 Å². The van der Waals surface area contributed by atoms with Crippen molar-refractivity contribution in [2.75, 3.05) is 12.4 Å². The van der Waals surface area contributed by atoms with Crippen molar-refractivity contribution in [3.63, 3.8) is 0 Å². The molecular formula is C15H11NO4S2. The van der Waals surface area contributed by atoms with E-state index in [2.05, 4.69) is 4.98 Å². The molecule has 0 atom stereocenters. The molecule has 2 heterocycles. The molecule has 7 heteroatoms. The molecular weight excluding hydrogens is 322 g/mol. The molecule has 0 fully saturated rings. The second-order valence-corrected chi connectivity index (χ2v) is 6.17. The number of para-hydroxylation sites is 2. The molecule has 1 aromatic carbocycles. The topological polar surface area (TPSA) is 69.4 Å². The van der Waals surface area contributed by atoms with Crippen LogP contribution in [0.5, 0.6) is 0 Å². The highest BCUT2D eigenvalue weighted by atomic mass is 32.2. The maximum absolute atomic E-state index is 11.7. The van der Waals surface area contributed by atoms with Gasteiger partial charge in [0.05, 0.1) is 4.88 Å². The number of rotatable bonds is 6. The lowest BCUT2D eigenvalue weighted by molar-refractivity contribution is -0.139. The number of benzene rings is 1. The summed E-state index contributed by atoms with van der Waals surface area (Å²) in [6.07, 6.45) is 0. The van der Waals surface area contributed by atoms with Crippen molar-refractivity contribution < 1.29 is 18.7 Å². The van der Waals surface area contributed by atoms with E-state index in [1.54, 1.807) is 17.5 Å². The number of hydrogen-bond donors (Lipinski definition) is 0. The molecule has 0 bridgehead atoms. The van der Waals surface area contributed by atoms with Crippen molar-refractivity contribution in [3.8, 4) is 0 Å². The summed E-state index contributed by atoms with van der Waals surface area (Å²) in [6, 6.07) is 10.8. The first-order valence-electron chi connectivity index (χ1n) is 6.43. The average molecular weight is 333 g/mol. The van der Waals surface area contributed by atoms with Gasteiger partial charge >= 0.3 is 5.97 Å². The summed E-state index contributed by atoms with van der Waals surface area (Å²) in [4.78, 5) is 28.2. The second kappa shape index (κ2) is 6.76. The third-order valence-electron chi connectivity index (χ3n) is 2.75. The summed E-state index contributed by atoms with van der Waals surface area (Å²) in [6.45, 7) is -0.243. The minimum absolute atomic E-state index is 0.0462. The number of thiophene rings is 1. The molecule has 0 aliphatic rings. The Hall–Kier alpha value is -2.12. The zero-order valence-electron chi connectivity index (χ0n) is 11.4. The Balaban J connectivity index is 1.49. The summed E-state index contributed by atoms with van der Waals surface area (Å²) in [7, 11) is 0. The van der Waals surface area contributed by atoms with Gasteiger partial charge in [-0.3, -0.25) is 9.59 Å².